The molecule has 0 saturated carbocycles. The maximum absolute atomic E-state index is 11.2. The van der Waals surface area contributed by atoms with Crippen molar-refractivity contribution in [2.75, 3.05) is 26.2 Å². The number of methoxy groups -OCH3 is 2. The lowest BCUT2D eigenvalue weighted by Crippen LogP contribution is -2.18. The van der Waals surface area contributed by atoms with Gasteiger partial charge < -0.3 is 14.4 Å². The highest BCUT2D eigenvalue weighted by Crippen LogP contribution is 2.35. The summed E-state index contributed by atoms with van der Waals surface area (Å²) in [4.78, 5) is 12.6. The first-order valence-corrected chi connectivity index (χ1v) is 7.20. The van der Waals surface area contributed by atoms with E-state index in [0.29, 0.717) is 28.8 Å². The van der Waals surface area contributed by atoms with E-state index in [2.05, 4.69) is 0 Å². The van der Waals surface area contributed by atoms with Crippen molar-refractivity contribution < 1.29 is 14.4 Å². The first-order valence-electron chi connectivity index (χ1n) is 6.83. The molecule has 0 saturated heterocycles. The number of para-hydroxylation sites is 1. The second-order valence-electron chi connectivity index (χ2n) is 4.90. The van der Waals surface area contributed by atoms with Gasteiger partial charge in [-0.3, -0.25) is 10.1 Å². The van der Waals surface area contributed by atoms with E-state index in [-0.39, 0.29) is 5.69 Å². The Balaban J connectivity index is 2.37. The van der Waals surface area contributed by atoms with Crippen LogP contribution < -0.4 is 14.4 Å². The fourth-order valence-electron chi connectivity index (χ4n) is 2.38. The second kappa shape index (κ2) is 7.19. The third-order valence-corrected chi connectivity index (χ3v) is 3.67. The lowest BCUT2D eigenvalue weighted by Gasteiger charge is -2.21. The summed E-state index contributed by atoms with van der Waals surface area (Å²) in [6.07, 6.45) is 0. The van der Waals surface area contributed by atoms with Crippen LogP contribution in [0, 0.1) is 10.1 Å². The van der Waals surface area contributed by atoms with Gasteiger partial charge in [-0.05, 0) is 18.2 Å². The first kappa shape index (κ1) is 16.9. The van der Waals surface area contributed by atoms with Crippen LogP contribution >= 0.6 is 11.6 Å². The van der Waals surface area contributed by atoms with E-state index >= 15 is 0 Å². The van der Waals surface area contributed by atoms with Crippen molar-refractivity contribution in [3.8, 4) is 11.5 Å². The molecule has 0 unspecified atom stereocenters. The third kappa shape index (κ3) is 3.65. The molecule has 0 fully saturated rings. The maximum Gasteiger partial charge on any atom is 0.294 e. The number of rotatable bonds is 6. The molecular weight excluding hydrogens is 320 g/mol. The molecule has 7 heteroatoms. The Kier molecular flexibility index (Phi) is 5.28. The van der Waals surface area contributed by atoms with Gasteiger partial charge in [0.1, 0.15) is 5.69 Å². The monoisotopic (exact) mass is 336 g/mol. The molecule has 0 radical (unpaired) electrons. The molecule has 0 N–H and O–H groups in total. The van der Waals surface area contributed by atoms with Crippen LogP contribution in [0.15, 0.2) is 36.4 Å². The molecule has 0 amide bonds. The highest BCUT2D eigenvalue weighted by atomic mass is 35.5. The minimum atomic E-state index is -0.444. The van der Waals surface area contributed by atoms with Crippen LogP contribution in [-0.4, -0.2) is 26.2 Å². The molecule has 0 aliphatic carbocycles. The lowest BCUT2D eigenvalue weighted by atomic mass is 10.1. The number of ether oxygens (including phenoxy) is 2. The molecular formula is C16H17ClN2O4. The number of hydrogen-bond acceptors (Lipinski definition) is 5. The molecule has 0 aliphatic heterocycles. The molecule has 23 heavy (non-hydrogen) atoms. The van der Waals surface area contributed by atoms with E-state index < -0.39 is 4.92 Å². The van der Waals surface area contributed by atoms with Gasteiger partial charge in [0.15, 0.2) is 11.5 Å². The highest BCUT2D eigenvalue weighted by molar-refractivity contribution is 6.30. The van der Waals surface area contributed by atoms with Crippen LogP contribution in [0.2, 0.25) is 5.02 Å². The van der Waals surface area contributed by atoms with Gasteiger partial charge in [-0.1, -0.05) is 23.7 Å². The van der Waals surface area contributed by atoms with Gasteiger partial charge in [-0.2, -0.15) is 0 Å². The van der Waals surface area contributed by atoms with Crippen molar-refractivity contribution in [1.29, 1.82) is 0 Å². The quantitative estimate of drug-likeness (QED) is 0.591. The van der Waals surface area contributed by atoms with Crippen LogP contribution in [0.25, 0.3) is 0 Å². The predicted molar refractivity (Wildman–Crippen MR) is 89.8 cm³/mol. The molecule has 2 rings (SSSR count). The van der Waals surface area contributed by atoms with E-state index in [1.165, 1.54) is 6.07 Å². The van der Waals surface area contributed by atoms with Gasteiger partial charge in [0.05, 0.1) is 19.1 Å². The Morgan fingerprint density at radius 1 is 1.22 bits per heavy atom. The molecule has 0 atom stereocenters. The summed E-state index contributed by atoms with van der Waals surface area (Å²) < 4.78 is 10.7. The van der Waals surface area contributed by atoms with Crippen molar-refractivity contribution in [1.82, 2.24) is 0 Å². The Hall–Kier alpha value is -2.47. The second-order valence-corrected chi connectivity index (χ2v) is 5.34. The number of halogens is 1. The van der Waals surface area contributed by atoms with Crippen molar-refractivity contribution in [2.24, 2.45) is 0 Å². The third-order valence-electron chi connectivity index (χ3n) is 3.44. The largest absolute Gasteiger partial charge is 0.493 e. The van der Waals surface area contributed by atoms with Gasteiger partial charge >= 0.3 is 0 Å². The average Bonchev–Trinajstić information content (AvgIpc) is 2.54. The highest BCUT2D eigenvalue weighted by Gasteiger charge is 2.19. The number of nitrogens with zero attached hydrogens (tertiary/aromatic N) is 2. The van der Waals surface area contributed by atoms with Crippen molar-refractivity contribution >= 4 is 23.0 Å². The molecule has 0 spiro atoms. The normalized spacial score (nSPS) is 10.3. The molecule has 0 aromatic heterocycles. The van der Waals surface area contributed by atoms with Crippen LogP contribution in [0.4, 0.5) is 11.4 Å². The minimum absolute atomic E-state index is 0.0399. The fourth-order valence-corrected chi connectivity index (χ4v) is 2.55. The zero-order valence-electron chi connectivity index (χ0n) is 13.1. The van der Waals surface area contributed by atoms with Crippen LogP contribution in [-0.2, 0) is 6.54 Å². The Bertz CT molecular complexity index is 721. The zero-order chi connectivity index (χ0) is 17.0. The Labute approximate surface area is 139 Å². The van der Waals surface area contributed by atoms with Crippen molar-refractivity contribution in [2.45, 2.75) is 6.54 Å². The summed E-state index contributed by atoms with van der Waals surface area (Å²) >= 11 is 5.85. The summed E-state index contributed by atoms with van der Waals surface area (Å²) in [5.74, 6) is 1.22. The van der Waals surface area contributed by atoms with E-state index in [1.54, 1.807) is 44.4 Å². The van der Waals surface area contributed by atoms with Gasteiger partial charge in [-0.15, -0.1) is 0 Å². The lowest BCUT2D eigenvalue weighted by molar-refractivity contribution is -0.384. The van der Waals surface area contributed by atoms with Gasteiger partial charge in [0.25, 0.3) is 5.69 Å². The molecule has 2 aromatic carbocycles. The number of hydrogen-bond donors (Lipinski definition) is 0. The van der Waals surface area contributed by atoms with Crippen LogP contribution in [0.3, 0.4) is 0 Å². The maximum atomic E-state index is 11.2. The average molecular weight is 337 g/mol. The van der Waals surface area contributed by atoms with Gasteiger partial charge in [0, 0.05) is 30.2 Å². The van der Waals surface area contributed by atoms with Crippen molar-refractivity contribution in [3.05, 3.63) is 57.1 Å². The number of benzene rings is 2. The summed E-state index contributed by atoms with van der Waals surface area (Å²) in [6, 6.07) is 10.1. The van der Waals surface area contributed by atoms with E-state index in [0.717, 1.165) is 5.56 Å². The summed E-state index contributed by atoms with van der Waals surface area (Å²) in [6.45, 7) is 0.419. The Morgan fingerprint density at radius 3 is 2.57 bits per heavy atom. The molecule has 122 valence electrons. The number of anilines is 1. The molecule has 0 heterocycles. The SMILES string of the molecule is COc1cccc(CN(C)c2ccc(Cl)cc2[N+](=O)[O-])c1OC. The summed E-state index contributed by atoms with van der Waals surface area (Å²) in [5, 5.41) is 11.6. The predicted octanol–water partition coefficient (Wildman–Crippen LogP) is 3.90. The molecule has 6 nitrogen and oxygen atoms in total. The summed E-state index contributed by atoms with van der Waals surface area (Å²) in [7, 11) is 4.90. The zero-order valence-corrected chi connectivity index (χ0v) is 13.8. The first-order chi connectivity index (χ1) is 11.0. The number of nitro benzene ring substituents is 1. The van der Waals surface area contributed by atoms with Crippen LogP contribution in [0.5, 0.6) is 11.5 Å². The smallest absolute Gasteiger partial charge is 0.294 e. The Morgan fingerprint density at radius 2 is 1.96 bits per heavy atom. The fraction of sp³-hybridized carbons (Fsp3) is 0.250. The van der Waals surface area contributed by atoms with Crippen LogP contribution in [0.1, 0.15) is 5.56 Å². The topological polar surface area (TPSA) is 64.8 Å². The minimum Gasteiger partial charge on any atom is -0.493 e. The van der Waals surface area contributed by atoms with Gasteiger partial charge in [0.2, 0.25) is 0 Å². The molecule has 0 aliphatic rings. The molecule has 0 bridgehead atoms. The van der Waals surface area contributed by atoms with Gasteiger partial charge in [-0.25, -0.2) is 0 Å². The molecule has 2 aromatic rings. The van der Waals surface area contributed by atoms with Crippen molar-refractivity contribution in [3.63, 3.8) is 0 Å². The standard InChI is InChI=1S/C16H17ClN2O4/c1-18(13-8-7-12(17)9-14(13)19(20)21)10-11-5-4-6-15(22-2)16(11)23-3/h4-9H,10H2,1-3H3. The van der Waals surface area contributed by atoms with E-state index in [9.17, 15) is 10.1 Å². The van der Waals surface area contributed by atoms with E-state index in [1.807, 2.05) is 12.1 Å². The number of nitro groups is 1. The summed E-state index contributed by atoms with van der Waals surface area (Å²) in [5.41, 5.74) is 1.30. The van der Waals surface area contributed by atoms with E-state index in [4.69, 9.17) is 21.1 Å².